The number of allylic oxidation sites excluding steroid dienone is 1. The molecule has 0 radical (unpaired) electrons. The minimum Gasteiger partial charge on any atom is -0.508 e. The Bertz CT molecular complexity index is 975. The Morgan fingerprint density at radius 2 is 1.19 bits per heavy atom. The molecule has 5 nitrogen and oxygen atoms in total. The van der Waals surface area contributed by atoms with Crippen LogP contribution in [0.15, 0.2) is 66.2 Å². The number of rotatable bonds is 7. The molecule has 2 aromatic carbocycles. The van der Waals surface area contributed by atoms with Crippen molar-refractivity contribution in [3.63, 3.8) is 0 Å². The Kier molecular flexibility index (Phi) is 6.21. The molecule has 4 N–H and O–H groups in total. The predicted octanol–water partition coefficient (Wildman–Crippen LogP) is 5.78. The monoisotopic (exact) mass is 419 g/mol. The van der Waals surface area contributed by atoms with Crippen molar-refractivity contribution in [2.75, 3.05) is 0 Å². The summed E-state index contributed by atoms with van der Waals surface area (Å²) in [5.41, 5.74) is 4.59. The van der Waals surface area contributed by atoms with Gasteiger partial charge in [-0.15, -0.1) is 0 Å². The third-order valence-electron chi connectivity index (χ3n) is 6.24. The number of phenols is 2. The summed E-state index contributed by atoms with van der Waals surface area (Å²) in [7, 11) is 0. The first-order valence-corrected chi connectivity index (χ1v) is 10.9. The largest absolute Gasteiger partial charge is 0.508 e. The average molecular weight is 420 g/mol. The van der Waals surface area contributed by atoms with E-state index in [4.69, 9.17) is 0 Å². The third kappa shape index (κ3) is 4.71. The summed E-state index contributed by atoms with van der Waals surface area (Å²) in [6.07, 6.45) is 6.34. The molecule has 5 heteroatoms. The molecule has 4 rings (SSSR count). The summed E-state index contributed by atoms with van der Waals surface area (Å²) in [6, 6.07) is 17.6. The van der Waals surface area contributed by atoms with Gasteiger partial charge in [0, 0.05) is 18.7 Å². The van der Waals surface area contributed by atoms with Crippen molar-refractivity contribution in [2.45, 2.75) is 45.1 Å². The zero-order valence-electron chi connectivity index (χ0n) is 17.5. The minimum atomic E-state index is 0.0705. The van der Waals surface area contributed by atoms with E-state index in [1.807, 2.05) is 24.3 Å². The van der Waals surface area contributed by atoms with Crippen LogP contribution in [0, 0.1) is 5.92 Å². The van der Waals surface area contributed by atoms with Gasteiger partial charge in [0.25, 0.3) is 0 Å². The number of aromatic nitrogens is 1. The first-order chi connectivity index (χ1) is 15.0. The Balaban J connectivity index is 1.74. The molecule has 1 saturated carbocycles. The quantitative estimate of drug-likeness (QED) is 0.391. The SMILES string of the molecule is Oc1ccc(C(=C(CCCn2c(O)ccc2O)C2CCCC2)c2ccc(O)cc2)cc1. The van der Waals surface area contributed by atoms with Crippen LogP contribution in [0.3, 0.4) is 0 Å². The number of hydrogen-bond donors (Lipinski definition) is 4. The molecule has 3 aromatic rings. The lowest BCUT2D eigenvalue weighted by molar-refractivity contribution is 0.363. The first-order valence-electron chi connectivity index (χ1n) is 10.9. The van der Waals surface area contributed by atoms with Crippen LogP contribution < -0.4 is 0 Å². The number of benzene rings is 2. The van der Waals surface area contributed by atoms with E-state index in [0.29, 0.717) is 12.5 Å². The molecule has 1 fully saturated rings. The van der Waals surface area contributed by atoms with E-state index in [1.54, 1.807) is 24.3 Å². The van der Waals surface area contributed by atoms with Gasteiger partial charge < -0.3 is 20.4 Å². The number of nitrogens with zero attached hydrogens (tertiary/aromatic N) is 1. The van der Waals surface area contributed by atoms with Gasteiger partial charge in [0.05, 0.1) is 0 Å². The van der Waals surface area contributed by atoms with Gasteiger partial charge in [0.2, 0.25) is 0 Å². The maximum Gasteiger partial charge on any atom is 0.193 e. The second-order valence-electron chi connectivity index (χ2n) is 8.28. The molecule has 0 amide bonds. The fraction of sp³-hybridized carbons (Fsp3) is 0.308. The summed E-state index contributed by atoms with van der Waals surface area (Å²) in [5.74, 6) is 1.08. The van der Waals surface area contributed by atoms with Crippen molar-refractivity contribution in [1.82, 2.24) is 4.57 Å². The van der Waals surface area contributed by atoms with Gasteiger partial charge in [0.15, 0.2) is 11.8 Å². The molecule has 1 aromatic heterocycles. The van der Waals surface area contributed by atoms with Gasteiger partial charge in [-0.25, -0.2) is 0 Å². The molecule has 162 valence electrons. The lowest BCUT2D eigenvalue weighted by Crippen LogP contribution is -2.06. The van der Waals surface area contributed by atoms with Gasteiger partial charge in [-0.1, -0.05) is 42.7 Å². The normalized spacial score (nSPS) is 14.1. The second-order valence-corrected chi connectivity index (χ2v) is 8.28. The van der Waals surface area contributed by atoms with Gasteiger partial charge in [-0.2, -0.15) is 0 Å². The van der Waals surface area contributed by atoms with Gasteiger partial charge in [-0.05, 0) is 72.6 Å². The molecule has 0 bridgehead atoms. The maximum absolute atomic E-state index is 9.97. The smallest absolute Gasteiger partial charge is 0.193 e. The van der Waals surface area contributed by atoms with Crippen molar-refractivity contribution in [3.05, 3.63) is 77.4 Å². The zero-order chi connectivity index (χ0) is 21.8. The summed E-state index contributed by atoms with van der Waals surface area (Å²) < 4.78 is 1.52. The molecule has 0 aliphatic heterocycles. The topological polar surface area (TPSA) is 85.9 Å². The number of hydrogen-bond acceptors (Lipinski definition) is 4. The van der Waals surface area contributed by atoms with Crippen molar-refractivity contribution in [1.29, 1.82) is 0 Å². The zero-order valence-corrected chi connectivity index (χ0v) is 17.5. The van der Waals surface area contributed by atoms with Crippen LogP contribution in [0.2, 0.25) is 0 Å². The van der Waals surface area contributed by atoms with E-state index in [0.717, 1.165) is 42.4 Å². The van der Waals surface area contributed by atoms with E-state index < -0.39 is 0 Å². The second kappa shape index (κ2) is 9.21. The van der Waals surface area contributed by atoms with E-state index in [2.05, 4.69) is 0 Å². The highest BCUT2D eigenvalue weighted by molar-refractivity contribution is 5.83. The van der Waals surface area contributed by atoms with Crippen molar-refractivity contribution in [2.24, 2.45) is 5.92 Å². The van der Waals surface area contributed by atoms with Crippen LogP contribution in [-0.2, 0) is 6.54 Å². The van der Waals surface area contributed by atoms with Crippen LogP contribution in [0.4, 0.5) is 0 Å². The van der Waals surface area contributed by atoms with Crippen LogP contribution in [0.1, 0.15) is 49.7 Å². The highest BCUT2D eigenvalue weighted by atomic mass is 16.3. The number of aromatic hydroxyl groups is 4. The Morgan fingerprint density at radius 1 is 0.710 bits per heavy atom. The van der Waals surface area contributed by atoms with Crippen LogP contribution in [0.25, 0.3) is 5.57 Å². The van der Waals surface area contributed by atoms with E-state index in [9.17, 15) is 20.4 Å². The summed E-state index contributed by atoms with van der Waals surface area (Å²) >= 11 is 0. The van der Waals surface area contributed by atoms with Crippen molar-refractivity contribution >= 4 is 5.57 Å². The third-order valence-corrected chi connectivity index (χ3v) is 6.24. The van der Waals surface area contributed by atoms with Crippen LogP contribution in [0.5, 0.6) is 23.3 Å². The molecule has 0 saturated heterocycles. The maximum atomic E-state index is 9.97. The Labute approximate surface area is 182 Å². The highest BCUT2D eigenvalue weighted by Crippen LogP contribution is 2.41. The Hall–Kier alpha value is -3.34. The van der Waals surface area contributed by atoms with Gasteiger partial charge in [-0.3, -0.25) is 4.57 Å². The van der Waals surface area contributed by atoms with E-state index >= 15 is 0 Å². The molecule has 1 heterocycles. The summed E-state index contributed by atoms with van der Waals surface area (Å²) in [4.78, 5) is 0. The summed E-state index contributed by atoms with van der Waals surface area (Å²) in [5, 5.41) is 39.5. The van der Waals surface area contributed by atoms with Gasteiger partial charge >= 0.3 is 0 Å². The molecular formula is C26H29NO4. The molecule has 0 unspecified atom stereocenters. The lowest BCUT2D eigenvalue weighted by Gasteiger charge is -2.22. The van der Waals surface area contributed by atoms with Crippen LogP contribution in [-0.4, -0.2) is 25.0 Å². The highest BCUT2D eigenvalue weighted by Gasteiger charge is 2.24. The Morgan fingerprint density at radius 3 is 1.68 bits per heavy atom. The minimum absolute atomic E-state index is 0.0705. The van der Waals surface area contributed by atoms with Crippen molar-refractivity contribution < 1.29 is 20.4 Å². The van der Waals surface area contributed by atoms with E-state index in [1.165, 1.54) is 35.1 Å². The number of phenolic OH excluding ortho intramolecular Hbond substituents is 2. The van der Waals surface area contributed by atoms with Gasteiger partial charge in [0.1, 0.15) is 11.5 Å². The molecule has 31 heavy (non-hydrogen) atoms. The predicted molar refractivity (Wildman–Crippen MR) is 121 cm³/mol. The van der Waals surface area contributed by atoms with Crippen molar-refractivity contribution in [3.8, 4) is 23.3 Å². The molecule has 1 aliphatic rings. The fourth-order valence-electron chi connectivity index (χ4n) is 4.70. The molecule has 0 spiro atoms. The summed E-state index contributed by atoms with van der Waals surface area (Å²) in [6.45, 7) is 0.527. The molecule has 0 atom stereocenters. The van der Waals surface area contributed by atoms with E-state index in [-0.39, 0.29) is 23.3 Å². The first kappa shape index (κ1) is 20.9. The standard InChI is InChI=1S/C26H29NO4/c28-21-11-7-19(8-12-21)26(20-9-13-22(29)14-10-20)23(18-4-1-2-5-18)6-3-17-27-24(30)15-16-25(27)31/h7-16,18,28-31H,1-6,17H2. The lowest BCUT2D eigenvalue weighted by atomic mass is 9.83. The van der Waals surface area contributed by atoms with Crippen LogP contribution >= 0.6 is 0 Å². The molecular weight excluding hydrogens is 390 g/mol. The molecule has 1 aliphatic carbocycles. The average Bonchev–Trinajstić information content (AvgIpc) is 3.41. The fourth-order valence-corrected chi connectivity index (χ4v) is 4.70.